The van der Waals surface area contributed by atoms with E-state index >= 15 is 0 Å². The second kappa shape index (κ2) is 7.00. The molecule has 0 radical (unpaired) electrons. The molecule has 0 spiro atoms. The predicted octanol–water partition coefficient (Wildman–Crippen LogP) is 3.10. The van der Waals surface area contributed by atoms with Gasteiger partial charge in [-0.25, -0.2) is 0 Å². The third-order valence-corrected chi connectivity index (χ3v) is 4.86. The van der Waals surface area contributed by atoms with Crippen LogP contribution in [0.1, 0.15) is 33.6 Å². The van der Waals surface area contributed by atoms with Crippen molar-refractivity contribution in [2.75, 3.05) is 20.2 Å². The number of likely N-dealkylation sites (tertiary alicyclic amines) is 1. The number of benzene rings is 2. The average Bonchev–Trinajstić information content (AvgIpc) is 3.37. The van der Waals surface area contributed by atoms with Crippen molar-refractivity contribution >= 4 is 5.91 Å². The van der Waals surface area contributed by atoms with Gasteiger partial charge in [-0.05, 0) is 23.8 Å². The maximum Gasteiger partial charge on any atom is 0.254 e. The maximum absolute atomic E-state index is 13.0. The normalized spacial score (nSPS) is 19.5. The molecule has 2 atom stereocenters. The summed E-state index contributed by atoms with van der Waals surface area (Å²) < 4.78 is 10.2. The molecule has 6 heteroatoms. The minimum atomic E-state index is -0.0178. The fourth-order valence-corrected chi connectivity index (χ4v) is 3.55. The van der Waals surface area contributed by atoms with Gasteiger partial charge in [-0.15, -0.1) is 0 Å². The van der Waals surface area contributed by atoms with Gasteiger partial charge in [-0.3, -0.25) is 4.79 Å². The van der Waals surface area contributed by atoms with Gasteiger partial charge in [0.2, 0.25) is 6.39 Å². The van der Waals surface area contributed by atoms with Crippen molar-refractivity contribution in [2.45, 2.75) is 11.8 Å². The Morgan fingerprint density at radius 1 is 1.12 bits per heavy atom. The molecule has 2 heterocycles. The van der Waals surface area contributed by atoms with Gasteiger partial charge in [-0.1, -0.05) is 41.6 Å². The fraction of sp³-hybridized carbons (Fsp3) is 0.250. The van der Waals surface area contributed by atoms with Crippen molar-refractivity contribution in [1.29, 1.82) is 0 Å². The maximum atomic E-state index is 13.0. The first kappa shape index (κ1) is 16.3. The topological polar surface area (TPSA) is 68.5 Å². The summed E-state index contributed by atoms with van der Waals surface area (Å²) in [4.78, 5) is 19.1. The molecule has 1 aliphatic heterocycles. The van der Waals surface area contributed by atoms with Crippen LogP contribution < -0.4 is 4.74 Å². The molecule has 4 rings (SSSR count). The molecule has 0 aliphatic carbocycles. The van der Waals surface area contributed by atoms with Crippen molar-refractivity contribution < 1.29 is 14.1 Å². The Morgan fingerprint density at radius 3 is 2.65 bits per heavy atom. The molecular formula is C20H19N3O3. The lowest BCUT2D eigenvalue weighted by atomic mass is 9.88. The Morgan fingerprint density at radius 2 is 1.92 bits per heavy atom. The van der Waals surface area contributed by atoms with Gasteiger partial charge in [0.1, 0.15) is 5.75 Å². The molecule has 1 saturated heterocycles. The SMILES string of the molecule is COc1cccc(C(=O)N2C[C@H](c3ncon3)[C@H](c3ccccc3)C2)c1. The molecule has 1 aliphatic rings. The molecule has 1 aromatic heterocycles. The summed E-state index contributed by atoms with van der Waals surface area (Å²) in [6.45, 7) is 1.16. The van der Waals surface area contributed by atoms with Crippen molar-refractivity contribution in [2.24, 2.45) is 0 Å². The Labute approximate surface area is 151 Å². The van der Waals surface area contributed by atoms with Crippen LogP contribution in [0.5, 0.6) is 5.75 Å². The summed E-state index contributed by atoms with van der Waals surface area (Å²) >= 11 is 0. The average molecular weight is 349 g/mol. The lowest BCUT2D eigenvalue weighted by molar-refractivity contribution is 0.0788. The molecule has 0 unspecified atom stereocenters. The van der Waals surface area contributed by atoms with E-state index in [-0.39, 0.29) is 17.7 Å². The number of rotatable bonds is 4. The Balaban J connectivity index is 1.63. The summed E-state index contributed by atoms with van der Waals surface area (Å²) in [6, 6.07) is 17.4. The molecule has 3 aromatic rings. The number of hydrogen-bond acceptors (Lipinski definition) is 5. The Hall–Kier alpha value is -3.15. The Bertz CT molecular complexity index is 880. The number of amides is 1. The van der Waals surface area contributed by atoms with Gasteiger partial charge in [0.05, 0.1) is 7.11 Å². The fourth-order valence-electron chi connectivity index (χ4n) is 3.55. The van der Waals surface area contributed by atoms with E-state index in [4.69, 9.17) is 9.26 Å². The summed E-state index contributed by atoms with van der Waals surface area (Å²) in [6.07, 6.45) is 1.34. The standard InChI is InChI=1S/C20H19N3O3/c1-25-16-9-5-8-15(10-16)20(24)23-11-17(14-6-3-2-4-7-14)18(12-23)19-21-13-26-22-19/h2-10,13,17-18H,11-12H2,1H3/t17-,18-/m0/s1. The lowest BCUT2D eigenvalue weighted by Crippen LogP contribution is -2.28. The van der Waals surface area contributed by atoms with Gasteiger partial charge in [0.25, 0.3) is 5.91 Å². The highest BCUT2D eigenvalue weighted by Crippen LogP contribution is 2.38. The highest BCUT2D eigenvalue weighted by atomic mass is 16.5. The molecule has 1 fully saturated rings. The van der Waals surface area contributed by atoms with Crippen LogP contribution in [0.3, 0.4) is 0 Å². The van der Waals surface area contributed by atoms with Crippen LogP contribution in [0, 0.1) is 0 Å². The molecule has 2 aromatic carbocycles. The zero-order valence-corrected chi connectivity index (χ0v) is 14.4. The van der Waals surface area contributed by atoms with E-state index in [0.29, 0.717) is 30.2 Å². The molecule has 26 heavy (non-hydrogen) atoms. The largest absolute Gasteiger partial charge is 0.497 e. The monoisotopic (exact) mass is 349 g/mol. The van der Waals surface area contributed by atoms with E-state index < -0.39 is 0 Å². The number of ether oxygens (including phenoxy) is 1. The molecule has 132 valence electrons. The number of nitrogens with zero attached hydrogens (tertiary/aromatic N) is 3. The van der Waals surface area contributed by atoms with Crippen LogP contribution in [0.15, 0.2) is 65.5 Å². The molecule has 1 amide bonds. The van der Waals surface area contributed by atoms with E-state index in [1.165, 1.54) is 12.0 Å². The minimum absolute atomic E-state index is 0.00528. The van der Waals surface area contributed by atoms with Gasteiger partial charge in [-0.2, -0.15) is 4.98 Å². The van der Waals surface area contributed by atoms with Crippen molar-refractivity contribution in [3.05, 3.63) is 77.9 Å². The van der Waals surface area contributed by atoms with Crippen LogP contribution in [-0.2, 0) is 0 Å². The van der Waals surface area contributed by atoms with Gasteiger partial charge in [0, 0.05) is 30.5 Å². The molecule has 0 bridgehead atoms. The van der Waals surface area contributed by atoms with Crippen LogP contribution in [0.2, 0.25) is 0 Å². The molecule has 6 nitrogen and oxygen atoms in total. The highest BCUT2D eigenvalue weighted by molar-refractivity contribution is 5.95. The van der Waals surface area contributed by atoms with Crippen LogP contribution in [0.25, 0.3) is 0 Å². The van der Waals surface area contributed by atoms with Crippen molar-refractivity contribution in [3.8, 4) is 5.75 Å². The van der Waals surface area contributed by atoms with Crippen molar-refractivity contribution in [3.63, 3.8) is 0 Å². The third kappa shape index (κ3) is 3.06. The van der Waals surface area contributed by atoms with Gasteiger partial charge < -0.3 is 14.2 Å². The second-order valence-electron chi connectivity index (χ2n) is 6.36. The quantitative estimate of drug-likeness (QED) is 0.724. The van der Waals surface area contributed by atoms with E-state index in [9.17, 15) is 4.79 Å². The van der Waals surface area contributed by atoms with E-state index in [0.717, 1.165) is 0 Å². The van der Waals surface area contributed by atoms with Crippen molar-refractivity contribution in [1.82, 2.24) is 15.0 Å². The number of carbonyl (C=O) groups is 1. The third-order valence-electron chi connectivity index (χ3n) is 4.86. The summed E-state index contributed by atoms with van der Waals surface area (Å²) in [5.41, 5.74) is 1.79. The first-order chi connectivity index (χ1) is 12.8. The van der Waals surface area contributed by atoms with Crippen LogP contribution in [0.4, 0.5) is 0 Å². The lowest BCUT2D eigenvalue weighted by Gasteiger charge is -2.17. The number of hydrogen-bond donors (Lipinski definition) is 0. The Kier molecular flexibility index (Phi) is 4.39. The van der Waals surface area contributed by atoms with Crippen LogP contribution >= 0.6 is 0 Å². The summed E-state index contributed by atoms with van der Waals surface area (Å²) in [5, 5.41) is 4.02. The predicted molar refractivity (Wildman–Crippen MR) is 95.1 cm³/mol. The van der Waals surface area contributed by atoms with Gasteiger partial charge >= 0.3 is 0 Å². The molecule has 0 N–H and O–H groups in total. The summed E-state index contributed by atoms with van der Waals surface area (Å²) in [5.74, 6) is 1.43. The first-order valence-electron chi connectivity index (χ1n) is 8.51. The number of methoxy groups -OCH3 is 1. The zero-order valence-electron chi connectivity index (χ0n) is 14.4. The summed E-state index contributed by atoms with van der Waals surface area (Å²) in [7, 11) is 1.59. The van der Waals surface area contributed by atoms with E-state index in [1.807, 2.05) is 41.3 Å². The van der Waals surface area contributed by atoms with E-state index in [2.05, 4.69) is 22.3 Å². The second-order valence-corrected chi connectivity index (χ2v) is 6.36. The van der Waals surface area contributed by atoms with E-state index in [1.54, 1.807) is 13.2 Å². The zero-order chi connectivity index (χ0) is 17.9. The molecule has 0 saturated carbocycles. The first-order valence-corrected chi connectivity index (χ1v) is 8.51. The van der Waals surface area contributed by atoms with Gasteiger partial charge in [0.15, 0.2) is 5.82 Å². The van der Waals surface area contributed by atoms with Crippen LogP contribution in [-0.4, -0.2) is 41.1 Å². The minimum Gasteiger partial charge on any atom is -0.497 e. The number of carbonyl (C=O) groups excluding carboxylic acids is 1. The molecular weight excluding hydrogens is 330 g/mol. The highest BCUT2D eigenvalue weighted by Gasteiger charge is 2.39. The smallest absolute Gasteiger partial charge is 0.254 e. The number of aromatic nitrogens is 2.